The van der Waals surface area contributed by atoms with E-state index in [1.807, 2.05) is 0 Å². The van der Waals surface area contributed by atoms with Gasteiger partial charge in [0.1, 0.15) is 5.69 Å². The zero-order valence-electron chi connectivity index (χ0n) is 17.5. The summed E-state index contributed by atoms with van der Waals surface area (Å²) < 4.78 is 21.0. The molecule has 0 spiro atoms. The van der Waals surface area contributed by atoms with E-state index in [1.54, 1.807) is 0 Å². The summed E-state index contributed by atoms with van der Waals surface area (Å²) in [7, 11) is 5.66. The second-order valence-corrected chi connectivity index (χ2v) is 6.88. The van der Waals surface area contributed by atoms with Crippen molar-refractivity contribution in [2.24, 2.45) is 10.2 Å². The molecule has 0 radical (unpaired) electrons. The van der Waals surface area contributed by atoms with Crippen molar-refractivity contribution in [3.05, 3.63) is 34.3 Å². The summed E-state index contributed by atoms with van der Waals surface area (Å²) in [6.45, 7) is 1.22. The maximum Gasteiger partial charge on any atom is 0.258 e. The van der Waals surface area contributed by atoms with Gasteiger partial charge in [0, 0.05) is 11.1 Å². The van der Waals surface area contributed by atoms with Crippen LogP contribution in [0.5, 0.6) is 23.0 Å². The van der Waals surface area contributed by atoms with E-state index in [4.69, 9.17) is 42.1 Å². The van der Waals surface area contributed by atoms with E-state index >= 15 is 0 Å². The summed E-state index contributed by atoms with van der Waals surface area (Å²) in [5.74, 6) is -0.253. The highest BCUT2D eigenvalue weighted by molar-refractivity contribution is 6.32. The van der Waals surface area contributed by atoms with Crippen LogP contribution in [0.2, 0.25) is 10.0 Å². The van der Waals surface area contributed by atoms with Crippen molar-refractivity contribution >= 4 is 46.3 Å². The molecule has 2 aromatic rings. The molecule has 9 nitrogen and oxygen atoms in total. The summed E-state index contributed by atoms with van der Waals surface area (Å²) in [5, 5.41) is 11.1. The second-order valence-electron chi connectivity index (χ2n) is 6.04. The molecule has 2 aromatic carbocycles. The van der Waals surface area contributed by atoms with Gasteiger partial charge in [-0.1, -0.05) is 23.2 Å². The van der Waals surface area contributed by atoms with E-state index in [9.17, 15) is 9.59 Å². The van der Waals surface area contributed by atoms with Gasteiger partial charge in [0.15, 0.2) is 28.8 Å². The molecule has 1 atom stereocenters. The first-order valence-electron chi connectivity index (χ1n) is 8.81. The van der Waals surface area contributed by atoms with Gasteiger partial charge < -0.3 is 24.3 Å². The first-order valence-corrected chi connectivity index (χ1v) is 9.57. The molecule has 1 unspecified atom stereocenters. The Morgan fingerprint density at radius 3 is 2.13 bits per heavy atom. The molecule has 1 N–H and O–H groups in total. The maximum atomic E-state index is 12.8. The number of carbonyl (C=O) groups excluding carboxylic acids is 2. The number of nitrogens with one attached hydrogen (secondary N) is 1. The van der Waals surface area contributed by atoms with Gasteiger partial charge >= 0.3 is 0 Å². The van der Waals surface area contributed by atoms with E-state index in [2.05, 4.69) is 15.5 Å². The highest BCUT2D eigenvalue weighted by atomic mass is 35.5. The Labute approximate surface area is 189 Å². The van der Waals surface area contributed by atoms with Crippen LogP contribution < -0.4 is 24.3 Å². The van der Waals surface area contributed by atoms with Crippen LogP contribution in [-0.2, 0) is 9.59 Å². The Hall–Kier alpha value is -3.04. The lowest BCUT2D eigenvalue weighted by Crippen LogP contribution is -2.32. The van der Waals surface area contributed by atoms with Crippen molar-refractivity contribution in [2.45, 2.75) is 13.0 Å². The minimum atomic E-state index is -1.44. The lowest BCUT2D eigenvalue weighted by atomic mass is 10.2. The molecule has 166 valence electrons. The smallest absolute Gasteiger partial charge is 0.258 e. The number of ether oxygens (including phenoxy) is 4. The monoisotopic (exact) mass is 469 g/mol. The van der Waals surface area contributed by atoms with Crippen LogP contribution in [0, 0.1) is 0 Å². The quantitative estimate of drug-likeness (QED) is 0.420. The van der Waals surface area contributed by atoms with Gasteiger partial charge in [-0.3, -0.25) is 9.59 Å². The summed E-state index contributed by atoms with van der Waals surface area (Å²) >= 11 is 12.1. The van der Waals surface area contributed by atoms with Gasteiger partial charge in [0.25, 0.3) is 5.91 Å². The Bertz CT molecular complexity index is 1010. The van der Waals surface area contributed by atoms with Gasteiger partial charge in [-0.2, -0.15) is 10.2 Å². The number of carbonyl (C=O) groups is 2. The molecular formula is C20H21Cl2N3O6. The number of halogens is 2. The first-order chi connectivity index (χ1) is 14.8. The van der Waals surface area contributed by atoms with Gasteiger partial charge in [0.2, 0.25) is 6.04 Å². The number of methoxy groups -OCH3 is 4. The number of hydrogen-bond acceptors (Lipinski definition) is 8. The van der Waals surface area contributed by atoms with Crippen LogP contribution in [0.4, 0.5) is 11.4 Å². The summed E-state index contributed by atoms with van der Waals surface area (Å²) in [6.07, 6.45) is 0. The van der Waals surface area contributed by atoms with Crippen LogP contribution in [-0.4, -0.2) is 46.2 Å². The number of rotatable bonds is 9. The first kappa shape index (κ1) is 24.2. The molecular weight excluding hydrogens is 449 g/mol. The van der Waals surface area contributed by atoms with Crippen LogP contribution in [0.15, 0.2) is 34.5 Å². The number of hydrogen-bond donors (Lipinski definition) is 1. The van der Waals surface area contributed by atoms with E-state index in [1.165, 1.54) is 59.6 Å². The van der Waals surface area contributed by atoms with Gasteiger partial charge in [-0.25, -0.2) is 0 Å². The third kappa shape index (κ3) is 5.56. The largest absolute Gasteiger partial charge is 0.493 e. The molecule has 0 aliphatic carbocycles. The summed E-state index contributed by atoms with van der Waals surface area (Å²) in [5.41, 5.74) is 0.439. The number of azo groups is 1. The summed E-state index contributed by atoms with van der Waals surface area (Å²) in [4.78, 5) is 24.9. The second kappa shape index (κ2) is 10.8. The van der Waals surface area contributed by atoms with E-state index in [0.717, 1.165) is 0 Å². The van der Waals surface area contributed by atoms with Crippen molar-refractivity contribution in [1.29, 1.82) is 0 Å². The molecule has 0 aliphatic rings. The fourth-order valence-electron chi connectivity index (χ4n) is 2.66. The molecule has 2 rings (SSSR count). The average Bonchev–Trinajstić information content (AvgIpc) is 2.73. The van der Waals surface area contributed by atoms with Crippen molar-refractivity contribution in [2.75, 3.05) is 33.8 Å². The van der Waals surface area contributed by atoms with E-state index in [-0.39, 0.29) is 28.6 Å². The maximum absolute atomic E-state index is 12.8. The molecule has 0 bridgehead atoms. The van der Waals surface area contributed by atoms with Crippen LogP contribution in [0.1, 0.15) is 6.92 Å². The lowest BCUT2D eigenvalue weighted by molar-refractivity contribution is -0.126. The predicted molar refractivity (Wildman–Crippen MR) is 117 cm³/mol. The van der Waals surface area contributed by atoms with Crippen molar-refractivity contribution in [1.82, 2.24) is 0 Å². The average molecular weight is 470 g/mol. The normalized spacial score (nSPS) is 11.7. The summed E-state index contributed by atoms with van der Waals surface area (Å²) in [6, 6.07) is 4.59. The molecule has 31 heavy (non-hydrogen) atoms. The Kier molecular flexibility index (Phi) is 8.47. The van der Waals surface area contributed by atoms with Gasteiger partial charge in [-0.05, 0) is 25.1 Å². The molecule has 1 amide bonds. The minimum Gasteiger partial charge on any atom is -0.493 e. The number of ketones is 1. The molecule has 0 heterocycles. The fraction of sp³-hybridized carbons (Fsp3) is 0.300. The molecule has 0 saturated carbocycles. The van der Waals surface area contributed by atoms with Crippen molar-refractivity contribution in [3.63, 3.8) is 0 Å². The van der Waals surface area contributed by atoms with Crippen LogP contribution in [0.3, 0.4) is 0 Å². The zero-order valence-corrected chi connectivity index (χ0v) is 19.0. The number of nitrogens with zero attached hydrogens (tertiary/aromatic N) is 2. The van der Waals surface area contributed by atoms with Gasteiger partial charge in [0.05, 0.1) is 39.1 Å². The number of anilines is 1. The third-order valence-corrected chi connectivity index (χ3v) is 4.58. The van der Waals surface area contributed by atoms with Crippen LogP contribution >= 0.6 is 23.2 Å². The number of Topliss-reactive ketones (excluding diaryl/α,β-unsaturated/α-hetero) is 1. The lowest BCUT2D eigenvalue weighted by Gasteiger charge is -2.16. The molecule has 0 aromatic heterocycles. The zero-order chi connectivity index (χ0) is 23.1. The SMILES string of the molecule is COc1cc(Cl)cc(N=NC(C(C)=O)C(=O)Nc2ccc(Cl)c(OC)c2OC)c1OC. The minimum absolute atomic E-state index is 0.191. The highest BCUT2D eigenvalue weighted by Gasteiger charge is 2.26. The number of amides is 1. The highest BCUT2D eigenvalue weighted by Crippen LogP contribution is 2.41. The van der Waals surface area contributed by atoms with Crippen LogP contribution in [0.25, 0.3) is 0 Å². The van der Waals surface area contributed by atoms with E-state index < -0.39 is 17.7 Å². The third-order valence-electron chi connectivity index (χ3n) is 4.07. The standard InChI is InChI=1S/C20H21Cl2N3O6/c1-10(26)16(25-24-14-8-11(21)9-15(28-2)18(14)30-4)20(27)23-13-7-6-12(22)17(29-3)19(13)31-5/h6-9,16H,1-5H3,(H,23,27). The topological polar surface area (TPSA) is 108 Å². The van der Waals surface area contributed by atoms with Crippen molar-refractivity contribution in [3.8, 4) is 23.0 Å². The Morgan fingerprint density at radius 2 is 1.58 bits per heavy atom. The van der Waals surface area contributed by atoms with E-state index in [0.29, 0.717) is 15.8 Å². The molecule has 0 fully saturated rings. The number of benzene rings is 2. The molecule has 0 saturated heterocycles. The van der Waals surface area contributed by atoms with Crippen molar-refractivity contribution < 1.29 is 28.5 Å². The fourth-order valence-corrected chi connectivity index (χ4v) is 3.08. The predicted octanol–water partition coefficient (Wildman–Crippen LogP) is 4.71. The molecule has 0 aliphatic heterocycles. The Morgan fingerprint density at radius 1 is 0.935 bits per heavy atom. The molecule has 11 heteroatoms. The Balaban J connectivity index is 2.37. The van der Waals surface area contributed by atoms with Gasteiger partial charge in [-0.15, -0.1) is 0 Å².